The van der Waals surface area contributed by atoms with E-state index in [0.717, 1.165) is 18.7 Å². The highest BCUT2D eigenvalue weighted by Gasteiger charge is 2.19. The number of para-hydroxylation sites is 1. The number of hydrogen-bond donors (Lipinski definition) is 2. The molecule has 2 rings (SSSR count). The third kappa shape index (κ3) is 2.21. The SMILES string of the molecule is COC(=O)NC1CNc2ccccc2C1. The zero-order chi connectivity index (χ0) is 10.7. The fraction of sp³-hybridized carbons (Fsp3) is 0.364. The van der Waals surface area contributed by atoms with E-state index >= 15 is 0 Å². The summed E-state index contributed by atoms with van der Waals surface area (Å²) in [5.74, 6) is 0. The third-order valence-corrected chi connectivity index (χ3v) is 2.53. The molecule has 1 aromatic rings. The van der Waals surface area contributed by atoms with Gasteiger partial charge in [-0.15, -0.1) is 0 Å². The van der Waals surface area contributed by atoms with Crippen molar-refractivity contribution in [2.24, 2.45) is 0 Å². The van der Waals surface area contributed by atoms with Gasteiger partial charge in [0.1, 0.15) is 0 Å². The van der Waals surface area contributed by atoms with Crippen LogP contribution in [0.5, 0.6) is 0 Å². The third-order valence-electron chi connectivity index (χ3n) is 2.53. The molecule has 0 saturated carbocycles. The molecule has 0 radical (unpaired) electrons. The average Bonchev–Trinajstić information content (AvgIpc) is 2.29. The van der Waals surface area contributed by atoms with Crippen LogP contribution in [-0.4, -0.2) is 25.8 Å². The maximum atomic E-state index is 11.0. The summed E-state index contributed by atoms with van der Waals surface area (Å²) in [5, 5.41) is 6.06. The molecule has 1 heterocycles. The Hall–Kier alpha value is -1.71. The monoisotopic (exact) mass is 206 g/mol. The molecule has 1 atom stereocenters. The van der Waals surface area contributed by atoms with Crippen LogP contribution in [-0.2, 0) is 11.2 Å². The molecule has 0 fully saturated rings. The first-order valence-corrected chi connectivity index (χ1v) is 4.96. The van der Waals surface area contributed by atoms with Crippen molar-refractivity contribution < 1.29 is 9.53 Å². The van der Waals surface area contributed by atoms with Crippen molar-refractivity contribution in [2.45, 2.75) is 12.5 Å². The first-order chi connectivity index (χ1) is 7.29. The molecule has 0 saturated heterocycles. The van der Waals surface area contributed by atoms with Gasteiger partial charge in [0.05, 0.1) is 13.2 Å². The fourth-order valence-corrected chi connectivity index (χ4v) is 1.77. The second kappa shape index (κ2) is 4.21. The van der Waals surface area contributed by atoms with Gasteiger partial charge >= 0.3 is 6.09 Å². The summed E-state index contributed by atoms with van der Waals surface area (Å²) in [6.07, 6.45) is 0.472. The molecular formula is C11H14N2O2. The summed E-state index contributed by atoms with van der Waals surface area (Å²) >= 11 is 0. The standard InChI is InChI=1S/C11H14N2O2/c1-15-11(14)13-9-6-8-4-2-3-5-10(8)12-7-9/h2-5,9,12H,6-7H2,1H3,(H,13,14). The van der Waals surface area contributed by atoms with E-state index in [1.807, 2.05) is 18.2 Å². The van der Waals surface area contributed by atoms with Gasteiger partial charge in [-0.2, -0.15) is 0 Å². The number of fused-ring (bicyclic) bond motifs is 1. The highest BCUT2D eigenvalue weighted by atomic mass is 16.5. The van der Waals surface area contributed by atoms with E-state index in [0.29, 0.717) is 0 Å². The van der Waals surface area contributed by atoms with Crippen LogP contribution in [0.3, 0.4) is 0 Å². The lowest BCUT2D eigenvalue weighted by atomic mass is 10.00. The van der Waals surface area contributed by atoms with Gasteiger partial charge in [-0.25, -0.2) is 4.79 Å². The van der Waals surface area contributed by atoms with Crippen LogP contribution in [0.15, 0.2) is 24.3 Å². The summed E-state index contributed by atoms with van der Waals surface area (Å²) in [6, 6.07) is 8.21. The number of amides is 1. The van der Waals surface area contributed by atoms with Gasteiger partial charge in [0.2, 0.25) is 0 Å². The number of anilines is 1. The fourth-order valence-electron chi connectivity index (χ4n) is 1.77. The second-order valence-corrected chi connectivity index (χ2v) is 3.58. The molecule has 0 bridgehead atoms. The first kappa shape index (κ1) is 9.83. The second-order valence-electron chi connectivity index (χ2n) is 3.58. The molecule has 0 spiro atoms. The lowest BCUT2D eigenvalue weighted by Crippen LogP contribution is -2.43. The van der Waals surface area contributed by atoms with Crippen LogP contribution >= 0.6 is 0 Å². The number of nitrogens with one attached hydrogen (secondary N) is 2. The number of hydrogen-bond acceptors (Lipinski definition) is 3. The highest BCUT2D eigenvalue weighted by molar-refractivity contribution is 5.68. The highest BCUT2D eigenvalue weighted by Crippen LogP contribution is 2.20. The molecule has 0 aliphatic carbocycles. The lowest BCUT2D eigenvalue weighted by Gasteiger charge is -2.26. The molecule has 1 aromatic carbocycles. The van der Waals surface area contributed by atoms with Crippen LogP contribution in [0, 0.1) is 0 Å². The van der Waals surface area contributed by atoms with E-state index in [4.69, 9.17) is 0 Å². The van der Waals surface area contributed by atoms with Gasteiger partial charge in [0.25, 0.3) is 0 Å². The van der Waals surface area contributed by atoms with E-state index in [-0.39, 0.29) is 12.1 Å². The van der Waals surface area contributed by atoms with E-state index in [1.165, 1.54) is 12.7 Å². The molecule has 0 aromatic heterocycles. The maximum Gasteiger partial charge on any atom is 0.407 e. The Kier molecular flexibility index (Phi) is 2.76. The number of ether oxygens (including phenoxy) is 1. The molecular weight excluding hydrogens is 192 g/mol. The summed E-state index contributed by atoms with van der Waals surface area (Å²) in [6.45, 7) is 0.742. The quantitative estimate of drug-likeness (QED) is 0.729. The van der Waals surface area contributed by atoms with Crippen LogP contribution in [0.4, 0.5) is 10.5 Å². The Labute approximate surface area is 88.6 Å². The number of carbonyl (C=O) groups excluding carboxylic acids is 1. The Bertz CT molecular complexity index is 365. The van der Waals surface area contributed by atoms with Crippen molar-refractivity contribution in [3.05, 3.63) is 29.8 Å². The zero-order valence-corrected chi connectivity index (χ0v) is 8.62. The molecule has 2 N–H and O–H groups in total. The van der Waals surface area contributed by atoms with Crippen molar-refractivity contribution in [2.75, 3.05) is 19.0 Å². The predicted octanol–water partition coefficient (Wildman–Crippen LogP) is 1.38. The van der Waals surface area contributed by atoms with Gasteiger partial charge in [-0.05, 0) is 18.1 Å². The molecule has 80 valence electrons. The minimum Gasteiger partial charge on any atom is -0.453 e. The number of methoxy groups -OCH3 is 1. The first-order valence-electron chi connectivity index (χ1n) is 4.96. The Morgan fingerprint density at radius 3 is 3.13 bits per heavy atom. The zero-order valence-electron chi connectivity index (χ0n) is 8.62. The van der Waals surface area contributed by atoms with Crippen LogP contribution in [0.25, 0.3) is 0 Å². The molecule has 1 aliphatic heterocycles. The van der Waals surface area contributed by atoms with E-state index in [9.17, 15) is 4.79 Å². The molecule has 15 heavy (non-hydrogen) atoms. The van der Waals surface area contributed by atoms with Crippen LogP contribution in [0.1, 0.15) is 5.56 Å². The topological polar surface area (TPSA) is 50.4 Å². The summed E-state index contributed by atoms with van der Waals surface area (Å²) in [7, 11) is 1.37. The van der Waals surface area contributed by atoms with Gasteiger partial charge in [-0.1, -0.05) is 18.2 Å². The molecule has 1 amide bonds. The van der Waals surface area contributed by atoms with Crippen molar-refractivity contribution >= 4 is 11.8 Å². The van der Waals surface area contributed by atoms with Crippen molar-refractivity contribution in [1.82, 2.24) is 5.32 Å². The van der Waals surface area contributed by atoms with Crippen molar-refractivity contribution in [1.29, 1.82) is 0 Å². The molecule has 1 aliphatic rings. The largest absolute Gasteiger partial charge is 0.453 e. The van der Waals surface area contributed by atoms with Gasteiger partial charge in [0.15, 0.2) is 0 Å². The van der Waals surface area contributed by atoms with Gasteiger partial charge < -0.3 is 15.4 Å². The number of carbonyl (C=O) groups is 1. The van der Waals surface area contributed by atoms with Gasteiger partial charge in [0, 0.05) is 12.2 Å². The van der Waals surface area contributed by atoms with Crippen LogP contribution < -0.4 is 10.6 Å². The summed E-state index contributed by atoms with van der Waals surface area (Å²) in [4.78, 5) is 11.0. The van der Waals surface area contributed by atoms with E-state index < -0.39 is 0 Å². The molecule has 4 nitrogen and oxygen atoms in total. The number of rotatable bonds is 1. The van der Waals surface area contributed by atoms with E-state index in [1.54, 1.807) is 0 Å². The average molecular weight is 206 g/mol. The lowest BCUT2D eigenvalue weighted by molar-refractivity contribution is 0.167. The number of benzene rings is 1. The van der Waals surface area contributed by atoms with Gasteiger partial charge in [-0.3, -0.25) is 0 Å². The predicted molar refractivity (Wildman–Crippen MR) is 58.0 cm³/mol. The van der Waals surface area contributed by atoms with Crippen molar-refractivity contribution in [3.63, 3.8) is 0 Å². The summed E-state index contributed by atoms with van der Waals surface area (Å²) < 4.78 is 4.56. The maximum absolute atomic E-state index is 11.0. The smallest absolute Gasteiger partial charge is 0.407 e. The van der Waals surface area contributed by atoms with E-state index in [2.05, 4.69) is 21.4 Å². The summed E-state index contributed by atoms with van der Waals surface area (Å²) in [5.41, 5.74) is 2.38. The molecule has 1 unspecified atom stereocenters. The Balaban J connectivity index is 2.02. The Morgan fingerprint density at radius 2 is 2.33 bits per heavy atom. The Morgan fingerprint density at radius 1 is 1.53 bits per heavy atom. The minimum atomic E-state index is -0.374. The minimum absolute atomic E-state index is 0.104. The normalized spacial score (nSPS) is 18.6. The van der Waals surface area contributed by atoms with Crippen molar-refractivity contribution in [3.8, 4) is 0 Å². The van der Waals surface area contributed by atoms with Crippen LogP contribution in [0.2, 0.25) is 0 Å². The number of alkyl carbamates (subject to hydrolysis) is 1. The molecule has 4 heteroatoms.